The van der Waals surface area contributed by atoms with Crippen molar-refractivity contribution >= 4 is 12.0 Å². The van der Waals surface area contributed by atoms with Gasteiger partial charge in [-0.1, -0.05) is 35.9 Å². The molecule has 0 atom stereocenters. The van der Waals surface area contributed by atoms with Crippen molar-refractivity contribution in [2.45, 2.75) is 6.92 Å². The van der Waals surface area contributed by atoms with Gasteiger partial charge in [0.15, 0.2) is 0 Å². The number of ether oxygens (including phenoxy) is 1. The Labute approximate surface area is 94.7 Å². The van der Waals surface area contributed by atoms with Crippen LogP contribution < -0.4 is 0 Å². The molecule has 0 saturated heterocycles. The fourth-order valence-electron chi connectivity index (χ4n) is 1.15. The maximum Gasteiger partial charge on any atom is 0.332 e. The Morgan fingerprint density at radius 1 is 1.31 bits per heavy atom. The molecule has 0 bridgehead atoms. The van der Waals surface area contributed by atoms with E-state index in [4.69, 9.17) is 9.84 Å². The first-order valence-corrected chi connectivity index (χ1v) is 4.85. The van der Waals surface area contributed by atoms with Gasteiger partial charge in [-0.3, -0.25) is 0 Å². The minimum absolute atomic E-state index is 0.313. The number of methoxy groups -OCH3 is 1. The van der Waals surface area contributed by atoms with Gasteiger partial charge >= 0.3 is 5.97 Å². The van der Waals surface area contributed by atoms with Gasteiger partial charge in [0, 0.05) is 0 Å². The predicted octanol–water partition coefficient (Wildman–Crippen LogP) is 2.62. The van der Waals surface area contributed by atoms with Crippen molar-refractivity contribution in [2.75, 3.05) is 7.11 Å². The average molecular weight is 218 g/mol. The first-order valence-electron chi connectivity index (χ1n) is 4.85. The van der Waals surface area contributed by atoms with Crippen molar-refractivity contribution in [1.29, 1.82) is 0 Å². The molecule has 3 heteroatoms. The summed E-state index contributed by atoms with van der Waals surface area (Å²) in [5.74, 6) is -0.710. The Morgan fingerprint density at radius 3 is 2.44 bits per heavy atom. The Balaban J connectivity index is 2.79. The van der Waals surface area contributed by atoms with E-state index >= 15 is 0 Å². The minimum Gasteiger partial charge on any atom is -0.496 e. The molecule has 0 unspecified atom stereocenters. The Hall–Kier alpha value is -2.03. The van der Waals surface area contributed by atoms with E-state index < -0.39 is 5.97 Å². The van der Waals surface area contributed by atoms with Gasteiger partial charge in [0.1, 0.15) is 5.76 Å². The number of carboxylic acids is 1. The molecule has 0 aromatic heterocycles. The van der Waals surface area contributed by atoms with Crippen molar-refractivity contribution in [1.82, 2.24) is 0 Å². The molecule has 1 aromatic rings. The van der Waals surface area contributed by atoms with Gasteiger partial charge in [-0.05, 0) is 18.6 Å². The highest BCUT2D eigenvalue weighted by atomic mass is 16.5. The number of rotatable bonds is 4. The summed E-state index contributed by atoms with van der Waals surface area (Å²) in [4.78, 5) is 10.4. The van der Waals surface area contributed by atoms with E-state index in [1.54, 1.807) is 12.2 Å². The monoisotopic (exact) mass is 218 g/mol. The lowest BCUT2D eigenvalue weighted by molar-refractivity contribution is -0.131. The number of allylic oxidation sites excluding steroid dienone is 1. The lowest BCUT2D eigenvalue weighted by Gasteiger charge is -1.98. The van der Waals surface area contributed by atoms with E-state index in [-0.39, 0.29) is 0 Å². The van der Waals surface area contributed by atoms with E-state index in [0.29, 0.717) is 5.76 Å². The lowest BCUT2D eigenvalue weighted by atomic mass is 10.1. The molecule has 16 heavy (non-hydrogen) atoms. The second kappa shape index (κ2) is 5.75. The molecule has 3 nitrogen and oxygen atoms in total. The van der Waals surface area contributed by atoms with Crippen LogP contribution >= 0.6 is 0 Å². The summed E-state index contributed by atoms with van der Waals surface area (Å²) >= 11 is 0. The largest absolute Gasteiger partial charge is 0.496 e. The zero-order chi connectivity index (χ0) is 12.0. The summed E-state index contributed by atoms with van der Waals surface area (Å²) in [7, 11) is 1.44. The molecular formula is C13H14O3. The number of hydrogen-bond donors (Lipinski definition) is 1. The van der Waals surface area contributed by atoms with Crippen LogP contribution in [-0.4, -0.2) is 18.2 Å². The summed E-state index contributed by atoms with van der Waals surface area (Å²) in [6.07, 6.45) is 4.45. The van der Waals surface area contributed by atoms with Crippen molar-refractivity contribution in [3.05, 3.63) is 53.3 Å². The maximum atomic E-state index is 10.4. The molecular weight excluding hydrogens is 204 g/mol. The summed E-state index contributed by atoms with van der Waals surface area (Å²) in [6, 6.07) is 7.90. The molecule has 84 valence electrons. The van der Waals surface area contributed by atoms with Crippen LogP contribution in [0.15, 0.2) is 42.2 Å². The third kappa shape index (κ3) is 4.00. The number of carboxylic acid groups (broad SMARTS) is 1. The normalized spacial score (nSPS) is 11.8. The van der Waals surface area contributed by atoms with Crippen LogP contribution in [0.1, 0.15) is 11.1 Å². The van der Waals surface area contributed by atoms with Gasteiger partial charge in [-0.15, -0.1) is 0 Å². The maximum absolute atomic E-state index is 10.4. The molecule has 0 aliphatic carbocycles. The number of aliphatic carboxylic acids is 1. The van der Waals surface area contributed by atoms with Gasteiger partial charge in [0.25, 0.3) is 0 Å². The Kier molecular flexibility index (Phi) is 4.33. The summed E-state index contributed by atoms with van der Waals surface area (Å²) in [5, 5.41) is 8.56. The van der Waals surface area contributed by atoms with E-state index in [1.165, 1.54) is 12.7 Å². The summed E-state index contributed by atoms with van der Waals surface area (Å²) in [5.41, 5.74) is 2.18. The number of benzene rings is 1. The standard InChI is InChI=1S/C13H14O3/c1-10-3-5-11(6-4-10)7-8-12(16-2)9-13(14)15/h3-9H,1-2H3,(H,14,15)/b8-7+,12-9-. The Morgan fingerprint density at radius 2 is 1.94 bits per heavy atom. The molecule has 1 aromatic carbocycles. The van der Waals surface area contributed by atoms with Crippen LogP contribution in [0, 0.1) is 6.92 Å². The molecule has 0 radical (unpaired) electrons. The van der Waals surface area contributed by atoms with Crippen LogP contribution in [0.4, 0.5) is 0 Å². The van der Waals surface area contributed by atoms with E-state index in [2.05, 4.69) is 0 Å². The molecule has 0 saturated carbocycles. The van der Waals surface area contributed by atoms with Crippen molar-refractivity contribution < 1.29 is 14.6 Å². The number of aryl methyl sites for hydroxylation is 1. The van der Waals surface area contributed by atoms with Crippen LogP contribution in [0.25, 0.3) is 6.08 Å². The summed E-state index contributed by atoms with van der Waals surface area (Å²) in [6.45, 7) is 2.01. The van der Waals surface area contributed by atoms with Crippen molar-refractivity contribution in [3.8, 4) is 0 Å². The topological polar surface area (TPSA) is 46.5 Å². The van der Waals surface area contributed by atoms with Gasteiger partial charge in [-0.25, -0.2) is 4.79 Å². The second-order valence-corrected chi connectivity index (χ2v) is 3.33. The minimum atomic E-state index is -1.02. The van der Waals surface area contributed by atoms with Crippen LogP contribution in [-0.2, 0) is 9.53 Å². The highest BCUT2D eigenvalue weighted by molar-refractivity contribution is 5.81. The highest BCUT2D eigenvalue weighted by Crippen LogP contribution is 2.07. The molecule has 0 aliphatic heterocycles. The first-order chi connectivity index (χ1) is 7.61. The smallest absolute Gasteiger partial charge is 0.332 e. The highest BCUT2D eigenvalue weighted by Gasteiger charge is 1.95. The van der Waals surface area contributed by atoms with Gasteiger partial charge < -0.3 is 9.84 Å². The molecule has 1 N–H and O–H groups in total. The lowest BCUT2D eigenvalue weighted by Crippen LogP contribution is -1.92. The zero-order valence-corrected chi connectivity index (χ0v) is 9.31. The fourth-order valence-corrected chi connectivity index (χ4v) is 1.15. The second-order valence-electron chi connectivity index (χ2n) is 3.33. The van der Waals surface area contributed by atoms with Crippen molar-refractivity contribution in [3.63, 3.8) is 0 Å². The van der Waals surface area contributed by atoms with E-state index in [9.17, 15) is 4.79 Å². The van der Waals surface area contributed by atoms with Gasteiger partial charge in [0.05, 0.1) is 13.2 Å². The molecule has 0 fully saturated rings. The van der Waals surface area contributed by atoms with E-state index in [1.807, 2.05) is 31.2 Å². The summed E-state index contributed by atoms with van der Waals surface area (Å²) < 4.78 is 4.90. The van der Waals surface area contributed by atoms with Crippen LogP contribution in [0.2, 0.25) is 0 Å². The quantitative estimate of drug-likeness (QED) is 0.480. The molecule has 0 aliphatic rings. The average Bonchev–Trinajstić information content (AvgIpc) is 2.26. The number of carbonyl (C=O) groups is 1. The third-order valence-electron chi connectivity index (χ3n) is 2.02. The third-order valence-corrected chi connectivity index (χ3v) is 2.02. The van der Waals surface area contributed by atoms with Gasteiger partial charge in [0.2, 0.25) is 0 Å². The molecule has 0 heterocycles. The zero-order valence-electron chi connectivity index (χ0n) is 9.31. The van der Waals surface area contributed by atoms with Crippen LogP contribution in [0.5, 0.6) is 0 Å². The molecule has 1 rings (SSSR count). The van der Waals surface area contributed by atoms with Crippen molar-refractivity contribution in [2.24, 2.45) is 0 Å². The van der Waals surface area contributed by atoms with E-state index in [0.717, 1.165) is 11.6 Å². The Bertz CT molecular complexity index is 413. The fraction of sp³-hybridized carbons (Fsp3) is 0.154. The first kappa shape index (κ1) is 12.0. The SMILES string of the molecule is COC(=C\C(=O)O)/C=C/c1ccc(C)cc1. The van der Waals surface area contributed by atoms with Gasteiger partial charge in [-0.2, -0.15) is 0 Å². The molecule has 0 spiro atoms. The molecule has 0 amide bonds. The van der Waals surface area contributed by atoms with Crippen LogP contribution in [0.3, 0.4) is 0 Å². The predicted molar refractivity (Wildman–Crippen MR) is 62.9 cm³/mol. The number of hydrogen-bond acceptors (Lipinski definition) is 2.